The summed E-state index contributed by atoms with van der Waals surface area (Å²) in [6, 6.07) is 2.98. The molecule has 0 bridgehead atoms. The van der Waals surface area contributed by atoms with Crippen LogP contribution < -0.4 is 16.0 Å². The Bertz CT molecular complexity index is 641. The van der Waals surface area contributed by atoms with Crippen molar-refractivity contribution in [3.8, 4) is 0 Å². The van der Waals surface area contributed by atoms with Crippen LogP contribution in [0.4, 0.5) is 10.5 Å². The second-order valence-electron chi connectivity index (χ2n) is 6.30. The van der Waals surface area contributed by atoms with Gasteiger partial charge in [0.2, 0.25) is 0 Å². The number of aliphatic carboxylic acids is 1. The smallest absolute Gasteiger partial charge is 0.326 e. The maximum atomic E-state index is 12.2. The number of carbonyl (C=O) groups excluding carboxylic acids is 2. The van der Waals surface area contributed by atoms with Gasteiger partial charge in [0.05, 0.1) is 10.6 Å². The molecule has 0 heterocycles. The van der Waals surface area contributed by atoms with E-state index in [1.165, 1.54) is 12.1 Å². The van der Waals surface area contributed by atoms with Crippen molar-refractivity contribution in [3.63, 3.8) is 0 Å². The van der Waals surface area contributed by atoms with E-state index >= 15 is 0 Å². The highest BCUT2D eigenvalue weighted by Crippen LogP contribution is 2.21. The van der Waals surface area contributed by atoms with Gasteiger partial charge in [0, 0.05) is 11.2 Å². The molecular weight excluding hydrogens is 334 g/mol. The molecule has 0 aliphatic heterocycles. The van der Waals surface area contributed by atoms with Crippen LogP contribution in [0.15, 0.2) is 18.2 Å². The molecule has 132 valence electrons. The lowest BCUT2D eigenvalue weighted by Gasteiger charge is -2.21. The monoisotopic (exact) mass is 355 g/mol. The molecule has 0 aliphatic rings. The van der Waals surface area contributed by atoms with Crippen molar-refractivity contribution in [1.82, 2.24) is 10.6 Å². The highest BCUT2D eigenvalue weighted by molar-refractivity contribution is 6.34. The molecule has 0 aromatic heterocycles. The van der Waals surface area contributed by atoms with E-state index in [0.29, 0.717) is 5.69 Å². The van der Waals surface area contributed by atoms with Crippen LogP contribution in [0, 0.1) is 0 Å². The summed E-state index contributed by atoms with van der Waals surface area (Å²) in [5.74, 6) is -1.74. The van der Waals surface area contributed by atoms with Crippen molar-refractivity contribution >= 4 is 35.2 Å². The number of benzene rings is 1. The summed E-state index contributed by atoms with van der Waals surface area (Å²) in [5, 5.41) is 16.9. The van der Waals surface area contributed by atoms with E-state index in [1.54, 1.807) is 13.0 Å². The molecule has 3 amide bonds. The van der Waals surface area contributed by atoms with Crippen LogP contribution in [0.1, 0.15) is 44.5 Å². The van der Waals surface area contributed by atoms with Crippen molar-refractivity contribution < 1.29 is 19.5 Å². The van der Waals surface area contributed by atoms with Crippen LogP contribution in [-0.2, 0) is 4.79 Å². The molecule has 8 heteroatoms. The third kappa shape index (κ3) is 6.08. The number of carboxylic acid groups (broad SMARTS) is 1. The first-order chi connectivity index (χ1) is 11.0. The Morgan fingerprint density at radius 1 is 1.25 bits per heavy atom. The van der Waals surface area contributed by atoms with Crippen LogP contribution in [0.3, 0.4) is 0 Å². The first kappa shape index (κ1) is 19.8. The molecule has 7 nitrogen and oxygen atoms in total. The standard InChI is InChI=1S/C16H22ClN3O4/c1-5-12(14(22)23)19-13(21)10-8-9(6-7-11(10)17)18-15(24)20-16(2,3)4/h6-8,12H,5H2,1-4H3,(H,19,21)(H,22,23)(H2,18,20,24). The lowest BCUT2D eigenvalue weighted by atomic mass is 10.1. The molecular formula is C16H22ClN3O4. The Kier molecular flexibility index (Phi) is 6.60. The van der Waals surface area contributed by atoms with Gasteiger partial charge < -0.3 is 21.1 Å². The van der Waals surface area contributed by atoms with Crippen LogP contribution in [0.2, 0.25) is 5.02 Å². The van der Waals surface area contributed by atoms with Crippen LogP contribution in [0.25, 0.3) is 0 Å². The first-order valence-electron chi connectivity index (χ1n) is 7.46. The number of nitrogens with one attached hydrogen (secondary N) is 3. The van der Waals surface area contributed by atoms with E-state index in [1.807, 2.05) is 20.8 Å². The summed E-state index contributed by atoms with van der Waals surface area (Å²) in [4.78, 5) is 35.1. The van der Waals surface area contributed by atoms with Crippen molar-refractivity contribution in [2.45, 2.75) is 45.7 Å². The third-order valence-corrected chi connectivity index (χ3v) is 3.30. The Hall–Kier alpha value is -2.28. The number of amides is 3. The second kappa shape index (κ2) is 8.01. The minimum Gasteiger partial charge on any atom is -0.480 e. The van der Waals surface area contributed by atoms with E-state index in [-0.39, 0.29) is 17.0 Å². The van der Waals surface area contributed by atoms with Gasteiger partial charge in [0.25, 0.3) is 5.91 Å². The van der Waals surface area contributed by atoms with Crippen LogP contribution in [0.5, 0.6) is 0 Å². The molecule has 0 fully saturated rings. The van der Waals surface area contributed by atoms with Crippen LogP contribution in [-0.4, -0.2) is 34.6 Å². The molecule has 0 radical (unpaired) electrons. The first-order valence-corrected chi connectivity index (χ1v) is 7.83. The maximum Gasteiger partial charge on any atom is 0.326 e. The fourth-order valence-corrected chi connectivity index (χ4v) is 2.06. The minimum absolute atomic E-state index is 0.0879. The Balaban J connectivity index is 2.91. The van der Waals surface area contributed by atoms with Gasteiger partial charge in [-0.2, -0.15) is 0 Å². The van der Waals surface area contributed by atoms with Gasteiger partial charge >= 0.3 is 12.0 Å². The van der Waals surface area contributed by atoms with E-state index in [4.69, 9.17) is 16.7 Å². The highest BCUT2D eigenvalue weighted by Gasteiger charge is 2.21. The molecule has 0 saturated heterocycles. The fraction of sp³-hybridized carbons (Fsp3) is 0.438. The predicted molar refractivity (Wildman–Crippen MR) is 92.5 cm³/mol. The van der Waals surface area contributed by atoms with Gasteiger partial charge in [-0.15, -0.1) is 0 Å². The zero-order chi connectivity index (χ0) is 18.5. The number of urea groups is 1. The highest BCUT2D eigenvalue weighted by atomic mass is 35.5. The summed E-state index contributed by atoms with van der Waals surface area (Å²) < 4.78 is 0. The molecule has 4 N–H and O–H groups in total. The molecule has 0 aliphatic carbocycles. The molecule has 1 aromatic carbocycles. The SMILES string of the molecule is CCC(NC(=O)c1cc(NC(=O)NC(C)(C)C)ccc1Cl)C(=O)O. The van der Waals surface area contributed by atoms with E-state index < -0.39 is 29.5 Å². The molecule has 1 unspecified atom stereocenters. The number of anilines is 1. The molecule has 1 aromatic rings. The summed E-state index contributed by atoms with van der Waals surface area (Å²) in [5.41, 5.74) is 0.0478. The van der Waals surface area contributed by atoms with E-state index in [9.17, 15) is 14.4 Å². The summed E-state index contributed by atoms with van der Waals surface area (Å²) in [6.07, 6.45) is 0.241. The van der Waals surface area contributed by atoms with Gasteiger partial charge in [-0.05, 0) is 45.4 Å². The number of carbonyl (C=O) groups is 3. The molecule has 1 rings (SSSR count). The van der Waals surface area contributed by atoms with E-state index in [2.05, 4.69) is 16.0 Å². The minimum atomic E-state index is -1.12. The van der Waals surface area contributed by atoms with Gasteiger partial charge in [0.1, 0.15) is 6.04 Å². The molecule has 0 saturated carbocycles. The van der Waals surface area contributed by atoms with Gasteiger partial charge in [0.15, 0.2) is 0 Å². The largest absolute Gasteiger partial charge is 0.480 e. The van der Waals surface area contributed by atoms with Gasteiger partial charge in [-0.3, -0.25) is 4.79 Å². The van der Waals surface area contributed by atoms with Gasteiger partial charge in [-0.1, -0.05) is 18.5 Å². The van der Waals surface area contributed by atoms with Crippen molar-refractivity contribution in [1.29, 1.82) is 0 Å². The topological polar surface area (TPSA) is 108 Å². The molecule has 24 heavy (non-hydrogen) atoms. The molecule has 1 atom stereocenters. The quantitative estimate of drug-likeness (QED) is 0.651. The Labute approximate surface area is 145 Å². The lowest BCUT2D eigenvalue weighted by molar-refractivity contribution is -0.139. The van der Waals surface area contributed by atoms with Crippen molar-refractivity contribution in [2.75, 3.05) is 5.32 Å². The maximum absolute atomic E-state index is 12.2. The number of hydrogen-bond donors (Lipinski definition) is 4. The number of hydrogen-bond acceptors (Lipinski definition) is 3. The summed E-state index contributed by atoms with van der Waals surface area (Å²) in [6.45, 7) is 7.16. The van der Waals surface area contributed by atoms with Crippen molar-refractivity contribution in [3.05, 3.63) is 28.8 Å². The summed E-state index contributed by atoms with van der Waals surface area (Å²) in [7, 11) is 0. The third-order valence-electron chi connectivity index (χ3n) is 2.97. The lowest BCUT2D eigenvalue weighted by Crippen LogP contribution is -2.43. The average Bonchev–Trinajstić information content (AvgIpc) is 2.44. The number of rotatable bonds is 5. The predicted octanol–water partition coefficient (Wildman–Crippen LogP) is 2.85. The second-order valence-corrected chi connectivity index (χ2v) is 6.70. The summed E-state index contributed by atoms with van der Waals surface area (Å²) >= 11 is 6.00. The van der Waals surface area contributed by atoms with Gasteiger partial charge in [-0.25, -0.2) is 9.59 Å². The number of carboxylic acids is 1. The molecule has 0 spiro atoms. The number of halogens is 1. The van der Waals surface area contributed by atoms with Crippen molar-refractivity contribution in [2.24, 2.45) is 0 Å². The zero-order valence-electron chi connectivity index (χ0n) is 14.1. The average molecular weight is 356 g/mol. The van der Waals surface area contributed by atoms with E-state index in [0.717, 1.165) is 0 Å². The van der Waals surface area contributed by atoms with Crippen LogP contribution >= 0.6 is 11.6 Å². The zero-order valence-corrected chi connectivity index (χ0v) is 14.8. The Morgan fingerprint density at radius 3 is 2.38 bits per heavy atom. The Morgan fingerprint density at radius 2 is 1.88 bits per heavy atom. The fourth-order valence-electron chi connectivity index (χ4n) is 1.85. The normalized spacial score (nSPS) is 12.2.